The summed E-state index contributed by atoms with van der Waals surface area (Å²) in [5.74, 6) is 1.03. The first-order valence-electron chi connectivity index (χ1n) is 41.8. The van der Waals surface area contributed by atoms with Gasteiger partial charge in [0.15, 0.2) is 12.2 Å². The van der Waals surface area contributed by atoms with E-state index in [4.69, 9.17) is 37.0 Å². The standard InChI is InChI=1S/C81H158O17P2/c1-9-72(6)58-50-42-34-28-24-20-16-14-12-13-15-17-22-26-30-36-47-55-64-81(86)98-77(68-92-79(84)62-54-46-40-39-44-52-60-74(8)11-3)70-96-100(89,90)94-66-75(82)65-93-99(87,88)95-69-76(67-91-78(83)61-53-45-38-32-33-41-49-57-71(4)5)97-80(85)63-56-48-37-31-27-23-19-18-21-25-29-35-43-51-59-73(7)10-2/h71-77,82H,9-70H2,1-8H3,(H,87,88)(H,89,90)/t72?,73?,74?,75?,76-,77-/m1/s1. The maximum Gasteiger partial charge on any atom is 0.472 e. The maximum absolute atomic E-state index is 13.1. The van der Waals surface area contributed by atoms with E-state index >= 15 is 0 Å². The van der Waals surface area contributed by atoms with Gasteiger partial charge in [-0.2, -0.15) is 0 Å². The first-order valence-corrected chi connectivity index (χ1v) is 44.8. The van der Waals surface area contributed by atoms with Crippen molar-refractivity contribution in [2.24, 2.45) is 23.7 Å². The van der Waals surface area contributed by atoms with Crippen molar-refractivity contribution in [2.45, 2.75) is 433 Å². The molecule has 3 N–H and O–H groups in total. The van der Waals surface area contributed by atoms with E-state index in [1.165, 1.54) is 205 Å². The van der Waals surface area contributed by atoms with Gasteiger partial charge in [-0.05, 0) is 49.4 Å². The third-order valence-corrected chi connectivity index (χ3v) is 21.8. The van der Waals surface area contributed by atoms with Crippen LogP contribution < -0.4 is 0 Å². The zero-order valence-corrected chi connectivity index (χ0v) is 67.6. The van der Waals surface area contributed by atoms with Gasteiger partial charge in [-0.1, -0.05) is 364 Å². The fraction of sp³-hybridized carbons (Fsp3) is 0.951. The number of hydrogen-bond donors (Lipinski definition) is 3. The molecule has 0 aliphatic rings. The maximum atomic E-state index is 13.1. The van der Waals surface area contributed by atoms with Gasteiger partial charge < -0.3 is 33.8 Å². The van der Waals surface area contributed by atoms with Crippen LogP contribution in [0.4, 0.5) is 0 Å². The van der Waals surface area contributed by atoms with Gasteiger partial charge in [0.2, 0.25) is 0 Å². The number of aliphatic hydroxyl groups is 1. The topological polar surface area (TPSA) is 237 Å². The smallest absolute Gasteiger partial charge is 0.462 e. The van der Waals surface area contributed by atoms with Gasteiger partial charge in [0, 0.05) is 25.7 Å². The van der Waals surface area contributed by atoms with E-state index in [2.05, 4.69) is 55.4 Å². The lowest BCUT2D eigenvalue weighted by Gasteiger charge is -2.21. The third kappa shape index (κ3) is 70.4. The van der Waals surface area contributed by atoms with Crippen LogP contribution in [0.2, 0.25) is 0 Å². The third-order valence-electron chi connectivity index (χ3n) is 19.9. The van der Waals surface area contributed by atoms with Crippen molar-refractivity contribution in [2.75, 3.05) is 39.6 Å². The summed E-state index contributed by atoms with van der Waals surface area (Å²) >= 11 is 0. The summed E-state index contributed by atoms with van der Waals surface area (Å²) in [5.41, 5.74) is 0. The Kier molecular flexibility index (Phi) is 68.7. The summed E-state index contributed by atoms with van der Waals surface area (Å²) in [6.07, 6.45) is 57.0. The van der Waals surface area contributed by atoms with E-state index in [-0.39, 0.29) is 25.7 Å². The number of carbonyl (C=O) groups is 4. The zero-order valence-electron chi connectivity index (χ0n) is 65.8. The average molecular weight is 1470 g/mol. The van der Waals surface area contributed by atoms with Crippen LogP contribution in [0.15, 0.2) is 0 Å². The lowest BCUT2D eigenvalue weighted by Crippen LogP contribution is -2.30. The number of phosphoric ester groups is 2. The Hall–Kier alpha value is -1.94. The molecule has 6 unspecified atom stereocenters. The van der Waals surface area contributed by atoms with Gasteiger partial charge in [0.1, 0.15) is 19.3 Å². The van der Waals surface area contributed by atoms with Crippen molar-refractivity contribution in [1.29, 1.82) is 0 Å². The second kappa shape index (κ2) is 70.1. The molecule has 0 radical (unpaired) electrons. The Labute approximate surface area is 613 Å². The molecule has 0 aliphatic carbocycles. The van der Waals surface area contributed by atoms with Crippen molar-refractivity contribution in [3.05, 3.63) is 0 Å². The van der Waals surface area contributed by atoms with Crippen LogP contribution in [0.3, 0.4) is 0 Å². The minimum absolute atomic E-state index is 0.106. The van der Waals surface area contributed by atoms with Crippen LogP contribution >= 0.6 is 15.6 Å². The molecular weight excluding hydrogens is 1310 g/mol. The molecule has 0 fully saturated rings. The van der Waals surface area contributed by atoms with Gasteiger partial charge in [-0.25, -0.2) is 9.13 Å². The van der Waals surface area contributed by atoms with E-state index in [9.17, 15) is 43.2 Å². The highest BCUT2D eigenvalue weighted by molar-refractivity contribution is 7.47. The van der Waals surface area contributed by atoms with Crippen LogP contribution in [0.1, 0.15) is 415 Å². The minimum Gasteiger partial charge on any atom is -0.462 e. The summed E-state index contributed by atoms with van der Waals surface area (Å²) in [6.45, 7) is 14.3. The molecule has 8 atom stereocenters. The second-order valence-corrected chi connectivity index (χ2v) is 33.3. The van der Waals surface area contributed by atoms with Crippen molar-refractivity contribution in [3.8, 4) is 0 Å². The first kappa shape index (κ1) is 98.1. The molecule has 100 heavy (non-hydrogen) atoms. The zero-order chi connectivity index (χ0) is 73.8. The number of ether oxygens (including phenoxy) is 4. The van der Waals surface area contributed by atoms with Crippen molar-refractivity contribution in [1.82, 2.24) is 0 Å². The van der Waals surface area contributed by atoms with Crippen LogP contribution in [0.25, 0.3) is 0 Å². The number of hydrogen-bond acceptors (Lipinski definition) is 15. The number of aliphatic hydroxyl groups excluding tert-OH is 1. The summed E-state index contributed by atoms with van der Waals surface area (Å²) < 4.78 is 68.6. The molecule has 0 saturated heterocycles. The quantitative estimate of drug-likeness (QED) is 0.0222. The Bertz CT molecular complexity index is 1960. The molecule has 0 aliphatic heterocycles. The number of carbonyl (C=O) groups excluding carboxylic acids is 4. The van der Waals surface area contributed by atoms with Gasteiger partial charge in [0.25, 0.3) is 0 Å². The van der Waals surface area contributed by atoms with Gasteiger partial charge in [-0.15, -0.1) is 0 Å². The summed E-state index contributed by atoms with van der Waals surface area (Å²) in [6, 6.07) is 0. The SMILES string of the molecule is CCC(C)CCCCCCCCCCCCCCCCCCCCC(=O)O[C@H](COC(=O)CCCCCCCCC(C)CC)COP(=O)(O)OCC(O)COP(=O)(O)OC[C@@H](COC(=O)CCCCCCCCCC(C)C)OC(=O)CCCCCCCCCCCCCCCCC(C)CC. The Morgan fingerprint density at radius 3 is 0.710 bits per heavy atom. The molecule has 17 nitrogen and oxygen atoms in total. The Morgan fingerprint density at radius 1 is 0.280 bits per heavy atom. The summed E-state index contributed by atoms with van der Waals surface area (Å²) in [5, 5.41) is 10.6. The highest BCUT2D eigenvalue weighted by Crippen LogP contribution is 2.45. The lowest BCUT2D eigenvalue weighted by atomic mass is 9.99. The molecule has 594 valence electrons. The fourth-order valence-electron chi connectivity index (χ4n) is 12.3. The summed E-state index contributed by atoms with van der Waals surface area (Å²) in [7, 11) is -9.92. The molecule has 0 rings (SSSR count). The lowest BCUT2D eigenvalue weighted by molar-refractivity contribution is -0.161. The second-order valence-electron chi connectivity index (χ2n) is 30.4. The van der Waals surface area contributed by atoms with E-state index in [1.54, 1.807) is 0 Å². The van der Waals surface area contributed by atoms with Crippen molar-refractivity contribution in [3.63, 3.8) is 0 Å². The molecule has 0 amide bonds. The molecule has 0 aromatic carbocycles. The Morgan fingerprint density at radius 2 is 0.480 bits per heavy atom. The van der Waals surface area contributed by atoms with E-state index in [0.29, 0.717) is 31.6 Å². The minimum atomic E-state index is -4.96. The molecule has 19 heteroatoms. The monoisotopic (exact) mass is 1470 g/mol. The van der Waals surface area contributed by atoms with Crippen LogP contribution in [-0.4, -0.2) is 96.7 Å². The van der Waals surface area contributed by atoms with Crippen LogP contribution in [-0.2, 0) is 65.4 Å². The predicted molar refractivity (Wildman–Crippen MR) is 409 cm³/mol. The summed E-state index contributed by atoms with van der Waals surface area (Å²) in [4.78, 5) is 72.9. The predicted octanol–water partition coefficient (Wildman–Crippen LogP) is 24.0. The molecule has 0 bridgehead atoms. The van der Waals surface area contributed by atoms with Crippen molar-refractivity contribution < 1.29 is 80.2 Å². The number of unbranched alkanes of at least 4 members (excludes halogenated alkanes) is 41. The molecular formula is C81H158O17P2. The molecule has 0 aromatic heterocycles. The number of phosphoric acid groups is 2. The van der Waals surface area contributed by atoms with E-state index < -0.39 is 97.5 Å². The van der Waals surface area contributed by atoms with E-state index in [0.717, 1.165) is 120 Å². The van der Waals surface area contributed by atoms with Gasteiger partial charge in [-0.3, -0.25) is 37.3 Å². The van der Waals surface area contributed by atoms with Gasteiger partial charge in [0.05, 0.1) is 26.4 Å². The number of esters is 4. The molecule has 0 aromatic rings. The Balaban J connectivity index is 5.17. The first-order chi connectivity index (χ1) is 48.2. The molecule has 0 heterocycles. The normalized spacial score (nSPS) is 14.8. The van der Waals surface area contributed by atoms with Crippen molar-refractivity contribution >= 4 is 39.5 Å². The highest BCUT2D eigenvalue weighted by atomic mass is 31.2. The molecule has 0 saturated carbocycles. The number of rotatable bonds is 78. The van der Waals surface area contributed by atoms with Gasteiger partial charge >= 0.3 is 39.5 Å². The average Bonchev–Trinajstić information content (AvgIpc) is 0.951. The van der Waals surface area contributed by atoms with E-state index in [1.807, 2.05) is 0 Å². The largest absolute Gasteiger partial charge is 0.472 e. The fourth-order valence-corrected chi connectivity index (χ4v) is 13.9. The van der Waals surface area contributed by atoms with Crippen LogP contribution in [0, 0.1) is 23.7 Å². The molecule has 0 spiro atoms. The highest BCUT2D eigenvalue weighted by Gasteiger charge is 2.30. The van der Waals surface area contributed by atoms with Crippen LogP contribution in [0.5, 0.6) is 0 Å².